The van der Waals surface area contributed by atoms with Crippen LogP contribution in [0.2, 0.25) is 0 Å². The van der Waals surface area contributed by atoms with E-state index in [1.807, 2.05) is 13.8 Å². The normalized spacial score (nSPS) is 10.3. The fourth-order valence-corrected chi connectivity index (χ4v) is 1.71. The summed E-state index contributed by atoms with van der Waals surface area (Å²) in [6.45, 7) is 6.07. The highest BCUT2D eigenvalue weighted by Crippen LogP contribution is 2.17. The van der Waals surface area contributed by atoms with E-state index < -0.39 is 0 Å². The second kappa shape index (κ2) is 6.98. The van der Waals surface area contributed by atoms with E-state index in [0.29, 0.717) is 18.1 Å². The molecule has 0 aromatic carbocycles. The van der Waals surface area contributed by atoms with Crippen molar-refractivity contribution in [3.63, 3.8) is 0 Å². The fourth-order valence-electron chi connectivity index (χ4n) is 1.56. The van der Waals surface area contributed by atoms with Crippen molar-refractivity contribution in [1.29, 1.82) is 0 Å². The van der Waals surface area contributed by atoms with E-state index in [1.165, 1.54) is 12.4 Å². The largest absolute Gasteiger partial charge is 0.465 e. The lowest BCUT2D eigenvalue weighted by Gasteiger charge is -2.27. The fraction of sp³-hybridized carbons (Fsp3) is 0.500. The van der Waals surface area contributed by atoms with Gasteiger partial charge in [-0.05, 0) is 20.8 Å². The van der Waals surface area contributed by atoms with Gasteiger partial charge in [0.1, 0.15) is 17.2 Å². The van der Waals surface area contributed by atoms with E-state index in [2.05, 4.69) is 9.97 Å². The molecule has 1 aromatic rings. The van der Waals surface area contributed by atoms with Crippen molar-refractivity contribution in [2.24, 2.45) is 5.73 Å². The smallest absolute Gasteiger partial charge is 0.325 e. The molecule has 104 valence electrons. The van der Waals surface area contributed by atoms with Crippen molar-refractivity contribution >= 4 is 29.0 Å². The third-order valence-corrected chi connectivity index (χ3v) is 2.61. The van der Waals surface area contributed by atoms with Crippen LogP contribution in [-0.2, 0) is 9.53 Å². The van der Waals surface area contributed by atoms with Crippen LogP contribution in [0.1, 0.15) is 26.5 Å². The number of anilines is 1. The standard InChI is InChI=1S/C12H18N4O2S/c1-4-18-9(17)7-16(8(2)3)12-10(11(13)19)14-5-6-15-12/h5-6,8H,4,7H2,1-3H3,(H2,13,19). The number of ether oxygens (including phenoxy) is 1. The first-order chi connectivity index (χ1) is 8.97. The summed E-state index contributed by atoms with van der Waals surface area (Å²) >= 11 is 4.95. The third-order valence-electron chi connectivity index (χ3n) is 2.41. The summed E-state index contributed by atoms with van der Waals surface area (Å²) in [5, 5.41) is 0. The summed E-state index contributed by atoms with van der Waals surface area (Å²) in [5.41, 5.74) is 6.04. The highest BCUT2D eigenvalue weighted by Gasteiger charge is 2.21. The zero-order chi connectivity index (χ0) is 14.4. The molecule has 0 aliphatic carbocycles. The molecule has 2 N–H and O–H groups in total. The maximum Gasteiger partial charge on any atom is 0.325 e. The number of nitrogens with two attached hydrogens (primary N) is 1. The van der Waals surface area contributed by atoms with Gasteiger partial charge in [0.05, 0.1) is 6.61 Å². The lowest BCUT2D eigenvalue weighted by Crippen LogP contribution is -2.38. The van der Waals surface area contributed by atoms with E-state index in [1.54, 1.807) is 11.8 Å². The van der Waals surface area contributed by atoms with E-state index in [-0.39, 0.29) is 23.5 Å². The van der Waals surface area contributed by atoms with Gasteiger partial charge in [0.25, 0.3) is 0 Å². The van der Waals surface area contributed by atoms with Crippen molar-refractivity contribution in [1.82, 2.24) is 9.97 Å². The number of thiocarbonyl (C=S) groups is 1. The van der Waals surface area contributed by atoms with Crippen molar-refractivity contribution in [2.75, 3.05) is 18.1 Å². The molecule has 0 amide bonds. The lowest BCUT2D eigenvalue weighted by atomic mass is 10.2. The quantitative estimate of drug-likeness (QED) is 0.613. The van der Waals surface area contributed by atoms with Crippen molar-refractivity contribution in [2.45, 2.75) is 26.8 Å². The molecule has 1 aromatic heterocycles. The van der Waals surface area contributed by atoms with Gasteiger partial charge in [-0.25, -0.2) is 9.97 Å². The molecule has 0 radical (unpaired) electrons. The Morgan fingerprint density at radius 2 is 2.11 bits per heavy atom. The average molecular weight is 282 g/mol. The molecule has 0 fully saturated rings. The van der Waals surface area contributed by atoms with Gasteiger partial charge < -0.3 is 15.4 Å². The van der Waals surface area contributed by atoms with Crippen molar-refractivity contribution in [3.8, 4) is 0 Å². The molecule has 1 rings (SSSR count). The Bertz CT molecular complexity index is 465. The van der Waals surface area contributed by atoms with Gasteiger partial charge in [0.15, 0.2) is 5.82 Å². The Balaban J connectivity index is 3.06. The summed E-state index contributed by atoms with van der Waals surface area (Å²) in [6.07, 6.45) is 3.05. The van der Waals surface area contributed by atoms with Gasteiger partial charge in [-0.3, -0.25) is 4.79 Å². The van der Waals surface area contributed by atoms with Crippen molar-refractivity contribution < 1.29 is 9.53 Å². The zero-order valence-electron chi connectivity index (χ0n) is 11.3. The summed E-state index contributed by atoms with van der Waals surface area (Å²) < 4.78 is 4.95. The van der Waals surface area contributed by atoms with Gasteiger partial charge in [0.2, 0.25) is 0 Å². The number of carbonyl (C=O) groups is 1. The number of hydrogen-bond acceptors (Lipinski definition) is 6. The van der Waals surface area contributed by atoms with Gasteiger partial charge in [0, 0.05) is 18.4 Å². The van der Waals surface area contributed by atoms with E-state index >= 15 is 0 Å². The Morgan fingerprint density at radius 1 is 1.47 bits per heavy atom. The predicted octanol–water partition coefficient (Wildman–Crippen LogP) is 0.889. The van der Waals surface area contributed by atoms with Gasteiger partial charge in [-0.1, -0.05) is 12.2 Å². The number of hydrogen-bond donors (Lipinski definition) is 1. The van der Waals surface area contributed by atoms with Gasteiger partial charge in [-0.2, -0.15) is 0 Å². The lowest BCUT2D eigenvalue weighted by molar-refractivity contribution is -0.141. The molecule has 0 saturated heterocycles. The monoisotopic (exact) mass is 282 g/mol. The number of aromatic nitrogens is 2. The van der Waals surface area contributed by atoms with E-state index in [9.17, 15) is 4.79 Å². The minimum Gasteiger partial charge on any atom is -0.465 e. The summed E-state index contributed by atoms with van der Waals surface area (Å²) in [7, 11) is 0. The molecule has 0 spiro atoms. The SMILES string of the molecule is CCOC(=O)CN(c1nccnc1C(N)=S)C(C)C. The molecule has 19 heavy (non-hydrogen) atoms. The van der Waals surface area contributed by atoms with Crippen LogP contribution in [0.25, 0.3) is 0 Å². The molecule has 0 bridgehead atoms. The summed E-state index contributed by atoms with van der Waals surface area (Å²) in [4.78, 5) is 21.9. The third kappa shape index (κ3) is 4.13. The molecule has 0 atom stereocenters. The van der Waals surface area contributed by atoms with Crippen LogP contribution in [0.3, 0.4) is 0 Å². The first-order valence-corrected chi connectivity index (χ1v) is 6.41. The van der Waals surface area contributed by atoms with Crippen molar-refractivity contribution in [3.05, 3.63) is 18.1 Å². The van der Waals surface area contributed by atoms with Crippen LogP contribution in [0, 0.1) is 0 Å². The van der Waals surface area contributed by atoms with Gasteiger partial charge in [-0.15, -0.1) is 0 Å². The summed E-state index contributed by atoms with van der Waals surface area (Å²) in [5.74, 6) is 0.175. The Morgan fingerprint density at radius 3 is 2.63 bits per heavy atom. The molecule has 0 aliphatic heterocycles. The van der Waals surface area contributed by atoms with Gasteiger partial charge >= 0.3 is 5.97 Å². The molecule has 6 nitrogen and oxygen atoms in total. The molecule has 1 heterocycles. The maximum atomic E-state index is 11.6. The van der Waals surface area contributed by atoms with Crippen LogP contribution in [0.15, 0.2) is 12.4 Å². The Hall–Kier alpha value is -1.76. The number of nitrogens with zero attached hydrogens (tertiary/aromatic N) is 3. The van der Waals surface area contributed by atoms with Crippen LogP contribution in [0.5, 0.6) is 0 Å². The first-order valence-electron chi connectivity index (χ1n) is 6.00. The zero-order valence-corrected chi connectivity index (χ0v) is 12.1. The number of rotatable bonds is 6. The number of carbonyl (C=O) groups excluding carboxylic acids is 1. The topological polar surface area (TPSA) is 81.3 Å². The minimum absolute atomic E-state index is 0.0363. The first kappa shape index (κ1) is 15.3. The second-order valence-electron chi connectivity index (χ2n) is 4.12. The van der Waals surface area contributed by atoms with Crippen LogP contribution in [-0.4, -0.2) is 40.1 Å². The van der Waals surface area contributed by atoms with Crippen LogP contribution >= 0.6 is 12.2 Å². The second-order valence-corrected chi connectivity index (χ2v) is 4.56. The molecule has 0 saturated carbocycles. The molecule has 0 unspecified atom stereocenters. The van der Waals surface area contributed by atoms with E-state index in [4.69, 9.17) is 22.7 Å². The highest BCUT2D eigenvalue weighted by molar-refractivity contribution is 7.80. The van der Waals surface area contributed by atoms with E-state index in [0.717, 1.165) is 0 Å². The molecule has 0 aliphatic rings. The highest BCUT2D eigenvalue weighted by atomic mass is 32.1. The van der Waals surface area contributed by atoms with Crippen LogP contribution in [0.4, 0.5) is 5.82 Å². The predicted molar refractivity (Wildman–Crippen MR) is 77.0 cm³/mol. The Kier molecular flexibility index (Phi) is 5.62. The summed E-state index contributed by atoms with van der Waals surface area (Å²) in [6, 6.07) is 0.0363. The molecular weight excluding hydrogens is 264 g/mol. The number of esters is 1. The Labute approximate surface area is 118 Å². The molecule has 7 heteroatoms. The minimum atomic E-state index is -0.323. The molecular formula is C12H18N4O2S. The van der Waals surface area contributed by atoms with Crippen LogP contribution < -0.4 is 10.6 Å². The maximum absolute atomic E-state index is 11.6. The average Bonchev–Trinajstić information content (AvgIpc) is 2.36.